The van der Waals surface area contributed by atoms with Crippen molar-refractivity contribution < 1.29 is 19.0 Å². The van der Waals surface area contributed by atoms with E-state index in [-0.39, 0.29) is 24.2 Å². The van der Waals surface area contributed by atoms with Crippen LogP contribution in [-0.2, 0) is 16.0 Å². The highest BCUT2D eigenvalue weighted by molar-refractivity contribution is 5.73. The number of phenols is 1. The van der Waals surface area contributed by atoms with Gasteiger partial charge in [-0.15, -0.1) is 0 Å². The van der Waals surface area contributed by atoms with Gasteiger partial charge >= 0.3 is 5.97 Å². The van der Waals surface area contributed by atoms with E-state index in [2.05, 4.69) is 4.74 Å². The lowest BCUT2D eigenvalue weighted by Crippen LogP contribution is -2.09. The van der Waals surface area contributed by atoms with E-state index in [0.29, 0.717) is 0 Å². The summed E-state index contributed by atoms with van der Waals surface area (Å²) in [6.07, 6.45) is -0.303. The number of nitrogens with zero attached hydrogens (tertiary/aromatic N) is 1. The molecule has 0 fully saturated rings. The summed E-state index contributed by atoms with van der Waals surface area (Å²) in [5.41, 5.74) is 0.0493. The fourth-order valence-electron chi connectivity index (χ4n) is 1.23. The predicted molar refractivity (Wildman–Crippen MR) is 53.1 cm³/mol. The minimum absolute atomic E-state index is 0.0463. The van der Waals surface area contributed by atoms with Crippen LogP contribution in [0.1, 0.15) is 18.1 Å². The largest absolute Gasteiger partial charge is 0.505 e. The molecule has 1 N–H and O–H groups in total. The first-order valence-electron chi connectivity index (χ1n) is 4.65. The molecular weight excluding hydrogens is 213 g/mol. The van der Waals surface area contributed by atoms with Crippen molar-refractivity contribution in [3.8, 4) is 11.8 Å². The molecule has 1 rings (SSSR count). The van der Waals surface area contributed by atoms with E-state index in [9.17, 15) is 14.3 Å². The Morgan fingerprint density at radius 1 is 1.62 bits per heavy atom. The number of rotatable bonds is 3. The fraction of sp³-hybridized carbons (Fsp3) is 0.273. The van der Waals surface area contributed by atoms with Crippen molar-refractivity contribution in [2.45, 2.75) is 13.3 Å². The zero-order chi connectivity index (χ0) is 12.1. The van der Waals surface area contributed by atoms with Gasteiger partial charge in [-0.1, -0.05) is 0 Å². The van der Waals surface area contributed by atoms with Gasteiger partial charge in [-0.05, 0) is 13.0 Å². The standard InChI is InChI=1S/C11H10FNO3/c1-2-16-10(15)5-8-3-7(6-13)4-9(14)11(8)12/h3-4,14H,2,5H2,1H3. The van der Waals surface area contributed by atoms with Crippen LogP contribution in [0.25, 0.3) is 0 Å². The van der Waals surface area contributed by atoms with Gasteiger partial charge in [-0.3, -0.25) is 4.79 Å². The molecular formula is C11H10FNO3. The number of carbonyl (C=O) groups excluding carboxylic acids is 1. The van der Waals surface area contributed by atoms with Crippen LogP contribution in [0.4, 0.5) is 4.39 Å². The summed E-state index contributed by atoms with van der Waals surface area (Å²) in [5.74, 6) is -2.14. The number of aromatic hydroxyl groups is 1. The molecule has 4 nitrogen and oxygen atoms in total. The van der Waals surface area contributed by atoms with Crippen molar-refractivity contribution in [1.82, 2.24) is 0 Å². The zero-order valence-corrected chi connectivity index (χ0v) is 8.66. The fourth-order valence-corrected chi connectivity index (χ4v) is 1.23. The topological polar surface area (TPSA) is 70.3 Å². The lowest BCUT2D eigenvalue weighted by molar-refractivity contribution is -0.142. The maximum atomic E-state index is 13.4. The Kier molecular flexibility index (Phi) is 3.84. The monoisotopic (exact) mass is 223 g/mol. The lowest BCUT2D eigenvalue weighted by atomic mass is 10.1. The molecule has 0 aromatic heterocycles. The summed E-state index contributed by atoms with van der Waals surface area (Å²) in [4.78, 5) is 11.1. The molecule has 0 amide bonds. The highest BCUT2D eigenvalue weighted by Crippen LogP contribution is 2.22. The Labute approximate surface area is 91.9 Å². The van der Waals surface area contributed by atoms with Gasteiger partial charge in [0.25, 0.3) is 0 Å². The van der Waals surface area contributed by atoms with E-state index < -0.39 is 17.5 Å². The minimum atomic E-state index is -0.896. The summed E-state index contributed by atoms with van der Waals surface area (Å²) >= 11 is 0. The maximum Gasteiger partial charge on any atom is 0.310 e. The Bertz CT molecular complexity index is 451. The molecule has 84 valence electrons. The average molecular weight is 223 g/mol. The number of halogens is 1. The predicted octanol–water partition coefficient (Wildman–Crippen LogP) is 1.51. The van der Waals surface area contributed by atoms with Crippen LogP contribution in [0.15, 0.2) is 12.1 Å². The van der Waals surface area contributed by atoms with Crippen molar-refractivity contribution in [3.63, 3.8) is 0 Å². The minimum Gasteiger partial charge on any atom is -0.505 e. The van der Waals surface area contributed by atoms with Gasteiger partial charge < -0.3 is 9.84 Å². The number of carbonyl (C=O) groups is 1. The highest BCUT2D eigenvalue weighted by Gasteiger charge is 2.14. The summed E-state index contributed by atoms with van der Waals surface area (Å²) in [5, 5.41) is 17.8. The van der Waals surface area contributed by atoms with Gasteiger partial charge in [0.05, 0.1) is 24.7 Å². The molecule has 0 unspecified atom stereocenters. The molecule has 1 aromatic carbocycles. The van der Waals surface area contributed by atoms with E-state index >= 15 is 0 Å². The number of nitriles is 1. The van der Waals surface area contributed by atoms with Crippen molar-refractivity contribution in [2.75, 3.05) is 6.61 Å². The van der Waals surface area contributed by atoms with Crippen LogP contribution >= 0.6 is 0 Å². The molecule has 0 saturated heterocycles. The summed E-state index contributed by atoms with van der Waals surface area (Å²) in [6.45, 7) is 1.84. The Morgan fingerprint density at radius 3 is 2.88 bits per heavy atom. The Morgan fingerprint density at radius 2 is 2.31 bits per heavy atom. The number of esters is 1. The molecule has 0 heterocycles. The summed E-state index contributed by atoms with van der Waals surface area (Å²) in [7, 11) is 0. The number of phenolic OH excluding ortho intramolecular Hbond substituents is 1. The van der Waals surface area contributed by atoms with E-state index in [1.807, 2.05) is 0 Å². The maximum absolute atomic E-state index is 13.4. The molecule has 0 radical (unpaired) electrons. The zero-order valence-electron chi connectivity index (χ0n) is 8.66. The average Bonchev–Trinajstić information content (AvgIpc) is 2.24. The van der Waals surface area contributed by atoms with E-state index in [1.165, 1.54) is 6.07 Å². The molecule has 5 heteroatoms. The molecule has 1 aromatic rings. The normalized spacial score (nSPS) is 9.56. The quantitative estimate of drug-likeness (QED) is 0.788. The second-order valence-corrected chi connectivity index (χ2v) is 3.06. The van der Waals surface area contributed by atoms with Gasteiger partial charge in [-0.25, -0.2) is 4.39 Å². The first-order chi connectivity index (χ1) is 7.58. The van der Waals surface area contributed by atoms with Crippen molar-refractivity contribution in [1.29, 1.82) is 5.26 Å². The molecule has 0 bridgehead atoms. The van der Waals surface area contributed by atoms with Gasteiger partial charge in [0.1, 0.15) is 0 Å². The Hall–Kier alpha value is -2.09. The van der Waals surface area contributed by atoms with E-state index in [1.54, 1.807) is 13.0 Å². The first-order valence-corrected chi connectivity index (χ1v) is 4.65. The number of ether oxygens (including phenoxy) is 1. The molecule has 0 atom stereocenters. The third kappa shape index (κ3) is 2.70. The summed E-state index contributed by atoms with van der Waals surface area (Å²) in [6, 6.07) is 3.98. The highest BCUT2D eigenvalue weighted by atomic mass is 19.1. The van der Waals surface area contributed by atoms with Gasteiger partial charge in [0.2, 0.25) is 0 Å². The van der Waals surface area contributed by atoms with Crippen LogP contribution in [0.5, 0.6) is 5.75 Å². The first kappa shape index (κ1) is 12.0. The van der Waals surface area contributed by atoms with Gasteiger partial charge in [0, 0.05) is 11.6 Å². The van der Waals surface area contributed by atoms with Crippen LogP contribution in [0, 0.1) is 17.1 Å². The molecule has 0 aliphatic heterocycles. The molecule has 0 saturated carbocycles. The number of hydrogen-bond donors (Lipinski definition) is 1. The second kappa shape index (κ2) is 5.12. The number of hydrogen-bond acceptors (Lipinski definition) is 4. The smallest absolute Gasteiger partial charge is 0.310 e. The SMILES string of the molecule is CCOC(=O)Cc1cc(C#N)cc(O)c1F. The number of benzene rings is 1. The molecule has 0 aliphatic carbocycles. The van der Waals surface area contributed by atoms with Crippen LogP contribution in [-0.4, -0.2) is 17.7 Å². The van der Waals surface area contributed by atoms with E-state index in [0.717, 1.165) is 6.07 Å². The third-order valence-electron chi connectivity index (χ3n) is 1.90. The Balaban J connectivity index is 3.00. The molecule has 16 heavy (non-hydrogen) atoms. The van der Waals surface area contributed by atoms with Crippen LogP contribution in [0.3, 0.4) is 0 Å². The van der Waals surface area contributed by atoms with Crippen molar-refractivity contribution >= 4 is 5.97 Å². The van der Waals surface area contributed by atoms with Gasteiger partial charge in [0.15, 0.2) is 11.6 Å². The van der Waals surface area contributed by atoms with Crippen LogP contribution < -0.4 is 0 Å². The third-order valence-corrected chi connectivity index (χ3v) is 1.90. The van der Waals surface area contributed by atoms with Crippen molar-refractivity contribution in [2.24, 2.45) is 0 Å². The van der Waals surface area contributed by atoms with Crippen molar-refractivity contribution in [3.05, 3.63) is 29.1 Å². The summed E-state index contributed by atoms with van der Waals surface area (Å²) < 4.78 is 18.0. The lowest BCUT2D eigenvalue weighted by Gasteiger charge is -2.05. The van der Waals surface area contributed by atoms with Gasteiger partial charge in [-0.2, -0.15) is 5.26 Å². The molecule has 0 aliphatic rings. The van der Waals surface area contributed by atoms with E-state index in [4.69, 9.17) is 5.26 Å². The van der Waals surface area contributed by atoms with Crippen LogP contribution in [0.2, 0.25) is 0 Å². The second-order valence-electron chi connectivity index (χ2n) is 3.06. The molecule has 0 spiro atoms.